The van der Waals surface area contributed by atoms with Crippen LogP contribution in [0.5, 0.6) is 0 Å². The van der Waals surface area contributed by atoms with Gasteiger partial charge in [-0.2, -0.15) is 0 Å². The fourth-order valence-electron chi connectivity index (χ4n) is 2.33. The summed E-state index contributed by atoms with van der Waals surface area (Å²) < 4.78 is 0. The molecular formula is C17H22N2. The molecule has 0 radical (unpaired) electrons. The Bertz CT molecular complexity index is 506. The lowest BCUT2D eigenvalue weighted by molar-refractivity contribution is 0.778. The molecule has 100 valence electrons. The van der Waals surface area contributed by atoms with Gasteiger partial charge in [-0.25, -0.2) is 0 Å². The summed E-state index contributed by atoms with van der Waals surface area (Å²) in [7, 11) is 0. The van der Waals surface area contributed by atoms with Crippen LogP contribution in [0.15, 0.2) is 54.6 Å². The number of anilines is 1. The molecular weight excluding hydrogens is 232 g/mol. The Labute approximate surface area is 115 Å². The van der Waals surface area contributed by atoms with Crippen molar-refractivity contribution in [3.05, 3.63) is 65.7 Å². The Balaban J connectivity index is 2.27. The molecule has 1 atom stereocenters. The molecule has 0 aliphatic rings. The SMILES string of the molecule is CCN(Cc1ccccc1)c1ccccc1[C@@H](C)N. The molecule has 2 aromatic rings. The zero-order valence-electron chi connectivity index (χ0n) is 11.7. The maximum atomic E-state index is 6.07. The predicted octanol–water partition coefficient (Wildman–Crippen LogP) is 3.73. The number of para-hydroxylation sites is 1. The van der Waals surface area contributed by atoms with Gasteiger partial charge in [0.1, 0.15) is 0 Å². The summed E-state index contributed by atoms with van der Waals surface area (Å²) in [5.41, 5.74) is 9.85. The second-order valence-electron chi connectivity index (χ2n) is 4.85. The molecule has 2 aromatic carbocycles. The molecule has 2 heteroatoms. The first kappa shape index (κ1) is 13.6. The highest BCUT2D eigenvalue weighted by Gasteiger charge is 2.12. The third-order valence-electron chi connectivity index (χ3n) is 3.37. The lowest BCUT2D eigenvalue weighted by atomic mass is 10.1. The summed E-state index contributed by atoms with van der Waals surface area (Å²) in [6.45, 7) is 6.11. The molecule has 19 heavy (non-hydrogen) atoms. The van der Waals surface area contributed by atoms with E-state index in [9.17, 15) is 0 Å². The van der Waals surface area contributed by atoms with Crippen LogP contribution in [0.4, 0.5) is 5.69 Å². The van der Waals surface area contributed by atoms with Crippen LogP contribution in [0.1, 0.15) is 31.0 Å². The lowest BCUT2D eigenvalue weighted by Gasteiger charge is -2.27. The topological polar surface area (TPSA) is 29.3 Å². The number of hydrogen-bond acceptors (Lipinski definition) is 2. The summed E-state index contributed by atoms with van der Waals surface area (Å²) in [6, 6.07) is 19.0. The smallest absolute Gasteiger partial charge is 0.0429 e. The summed E-state index contributed by atoms with van der Waals surface area (Å²) in [6.07, 6.45) is 0. The van der Waals surface area contributed by atoms with Crippen molar-refractivity contribution in [1.82, 2.24) is 0 Å². The molecule has 0 aromatic heterocycles. The summed E-state index contributed by atoms with van der Waals surface area (Å²) in [5.74, 6) is 0. The highest BCUT2D eigenvalue weighted by molar-refractivity contribution is 5.55. The Morgan fingerprint density at radius 2 is 1.63 bits per heavy atom. The van der Waals surface area contributed by atoms with Gasteiger partial charge in [-0.05, 0) is 31.0 Å². The molecule has 0 bridgehead atoms. The minimum atomic E-state index is 0.0565. The van der Waals surface area contributed by atoms with Gasteiger partial charge < -0.3 is 10.6 Å². The van der Waals surface area contributed by atoms with E-state index in [0.717, 1.165) is 13.1 Å². The van der Waals surface area contributed by atoms with E-state index in [2.05, 4.69) is 66.4 Å². The van der Waals surface area contributed by atoms with Gasteiger partial charge in [0.05, 0.1) is 0 Å². The van der Waals surface area contributed by atoms with Crippen molar-refractivity contribution in [3.8, 4) is 0 Å². The van der Waals surface area contributed by atoms with E-state index in [1.807, 2.05) is 6.92 Å². The average Bonchev–Trinajstić information content (AvgIpc) is 2.46. The molecule has 0 fully saturated rings. The predicted molar refractivity (Wildman–Crippen MR) is 82.2 cm³/mol. The standard InChI is InChI=1S/C17H22N2/c1-3-19(13-15-9-5-4-6-10-15)17-12-8-7-11-16(17)14(2)18/h4-12,14H,3,13,18H2,1-2H3/t14-/m1/s1. The Kier molecular flexibility index (Phi) is 4.58. The van der Waals surface area contributed by atoms with Crippen LogP contribution in [0.2, 0.25) is 0 Å². The van der Waals surface area contributed by atoms with Gasteiger partial charge in [-0.3, -0.25) is 0 Å². The molecule has 0 unspecified atom stereocenters. The fourth-order valence-corrected chi connectivity index (χ4v) is 2.33. The second-order valence-corrected chi connectivity index (χ2v) is 4.85. The van der Waals surface area contributed by atoms with Gasteiger partial charge in [0.25, 0.3) is 0 Å². The van der Waals surface area contributed by atoms with Crippen molar-refractivity contribution in [2.45, 2.75) is 26.4 Å². The van der Waals surface area contributed by atoms with Crippen molar-refractivity contribution in [3.63, 3.8) is 0 Å². The monoisotopic (exact) mass is 254 g/mol. The van der Waals surface area contributed by atoms with E-state index in [-0.39, 0.29) is 6.04 Å². The van der Waals surface area contributed by atoms with E-state index < -0.39 is 0 Å². The van der Waals surface area contributed by atoms with Crippen LogP contribution in [0.25, 0.3) is 0 Å². The van der Waals surface area contributed by atoms with Gasteiger partial charge in [0, 0.05) is 24.8 Å². The minimum Gasteiger partial charge on any atom is -0.367 e. The number of rotatable bonds is 5. The van der Waals surface area contributed by atoms with Gasteiger partial charge in [-0.1, -0.05) is 48.5 Å². The van der Waals surface area contributed by atoms with Crippen LogP contribution in [0.3, 0.4) is 0 Å². The van der Waals surface area contributed by atoms with Crippen LogP contribution in [-0.2, 0) is 6.54 Å². The van der Waals surface area contributed by atoms with Gasteiger partial charge in [0.15, 0.2) is 0 Å². The van der Waals surface area contributed by atoms with Crippen LogP contribution in [0, 0.1) is 0 Å². The largest absolute Gasteiger partial charge is 0.367 e. The first-order chi connectivity index (χ1) is 9.22. The zero-order chi connectivity index (χ0) is 13.7. The van der Waals surface area contributed by atoms with Crippen molar-refractivity contribution in [2.24, 2.45) is 5.73 Å². The van der Waals surface area contributed by atoms with Crippen molar-refractivity contribution in [2.75, 3.05) is 11.4 Å². The van der Waals surface area contributed by atoms with Gasteiger partial charge in [-0.15, -0.1) is 0 Å². The van der Waals surface area contributed by atoms with E-state index in [4.69, 9.17) is 5.73 Å². The molecule has 0 spiro atoms. The molecule has 0 amide bonds. The average molecular weight is 254 g/mol. The molecule has 0 heterocycles. The number of benzene rings is 2. The Hall–Kier alpha value is -1.80. The first-order valence-corrected chi connectivity index (χ1v) is 6.85. The highest BCUT2D eigenvalue weighted by atomic mass is 15.1. The lowest BCUT2D eigenvalue weighted by Crippen LogP contribution is -2.24. The third-order valence-corrected chi connectivity index (χ3v) is 3.37. The number of nitrogens with zero attached hydrogens (tertiary/aromatic N) is 1. The van der Waals surface area contributed by atoms with Crippen molar-refractivity contribution >= 4 is 5.69 Å². The molecule has 0 aliphatic carbocycles. The van der Waals surface area contributed by atoms with Gasteiger partial charge >= 0.3 is 0 Å². The number of nitrogens with two attached hydrogens (primary N) is 1. The van der Waals surface area contributed by atoms with Crippen molar-refractivity contribution in [1.29, 1.82) is 0 Å². The molecule has 2 nitrogen and oxygen atoms in total. The third kappa shape index (κ3) is 3.36. The van der Waals surface area contributed by atoms with Crippen LogP contribution >= 0.6 is 0 Å². The zero-order valence-corrected chi connectivity index (χ0v) is 11.7. The Morgan fingerprint density at radius 3 is 2.26 bits per heavy atom. The quantitative estimate of drug-likeness (QED) is 0.881. The van der Waals surface area contributed by atoms with Crippen LogP contribution < -0.4 is 10.6 Å². The minimum absolute atomic E-state index is 0.0565. The van der Waals surface area contributed by atoms with E-state index in [1.54, 1.807) is 0 Å². The second kappa shape index (κ2) is 6.39. The van der Waals surface area contributed by atoms with E-state index >= 15 is 0 Å². The number of hydrogen-bond donors (Lipinski definition) is 1. The summed E-state index contributed by atoms with van der Waals surface area (Å²) >= 11 is 0. The molecule has 0 saturated heterocycles. The summed E-state index contributed by atoms with van der Waals surface area (Å²) in [5, 5.41) is 0. The maximum absolute atomic E-state index is 6.07. The highest BCUT2D eigenvalue weighted by Crippen LogP contribution is 2.26. The van der Waals surface area contributed by atoms with E-state index in [0.29, 0.717) is 0 Å². The fraction of sp³-hybridized carbons (Fsp3) is 0.294. The Morgan fingerprint density at radius 1 is 1.00 bits per heavy atom. The van der Waals surface area contributed by atoms with Crippen LogP contribution in [-0.4, -0.2) is 6.54 Å². The summed E-state index contributed by atoms with van der Waals surface area (Å²) in [4.78, 5) is 2.37. The first-order valence-electron chi connectivity index (χ1n) is 6.85. The molecule has 0 aliphatic heterocycles. The van der Waals surface area contributed by atoms with E-state index in [1.165, 1.54) is 16.8 Å². The molecule has 2 N–H and O–H groups in total. The van der Waals surface area contributed by atoms with Crippen molar-refractivity contribution < 1.29 is 0 Å². The normalized spacial score (nSPS) is 12.2. The maximum Gasteiger partial charge on any atom is 0.0429 e. The molecule has 0 saturated carbocycles. The molecule has 2 rings (SSSR count). The van der Waals surface area contributed by atoms with Gasteiger partial charge in [0.2, 0.25) is 0 Å².